The number of allylic oxidation sites excluding steroid dienone is 9. The highest BCUT2D eigenvalue weighted by molar-refractivity contribution is 8.76. The van der Waals surface area contributed by atoms with Crippen molar-refractivity contribution in [2.45, 2.75) is 33.2 Å². The van der Waals surface area contributed by atoms with Crippen LogP contribution in [0.2, 0.25) is 0 Å². The van der Waals surface area contributed by atoms with Gasteiger partial charge in [0.05, 0.1) is 6.61 Å². The van der Waals surface area contributed by atoms with Gasteiger partial charge in [-0.1, -0.05) is 45.9 Å². The number of aromatic nitrogens is 1. The molecular weight excluding hydrogens is 609 g/mol. The van der Waals surface area contributed by atoms with Crippen molar-refractivity contribution in [1.29, 1.82) is 0 Å². The van der Waals surface area contributed by atoms with Crippen molar-refractivity contribution >= 4 is 38.9 Å². The van der Waals surface area contributed by atoms with Gasteiger partial charge in [-0.25, -0.2) is 0 Å². The standard InChI is InChI=1S/C38H51N4O2S2/c1-31(37-9-5-7-19-41(37)21-25-43)29-33-11-15-35(16-12-33)39(3)23-27-45-46-28-24-40(4)36-17-13-34(14-18-36)30-32(2)38-10-6-8-20-42(38)22-26-44/h5-13,15-17,20,29-30,43-44H,14,18-19,21-28H2,1-4H3/q+1/p+1/b31-29+. The van der Waals surface area contributed by atoms with Crippen molar-refractivity contribution in [3.63, 3.8) is 0 Å². The van der Waals surface area contributed by atoms with Crippen LogP contribution in [-0.4, -0.2) is 80.1 Å². The third-order valence-electron chi connectivity index (χ3n) is 8.54. The summed E-state index contributed by atoms with van der Waals surface area (Å²) in [5.74, 6) is 2.18. The number of benzene rings is 1. The zero-order valence-corrected chi connectivity index (χ0v) is 29.6. The topological polar surface area (TPSA) is 55.3 Å². The van der Waals surface area contributed by atoms with Gasteiger partial charge in [-0.15, -0.1) is 0 Å². The van der Waals surface area contributed by atoms with Crippen LogP contribution in [0.25, 0.3) is 11.6 Å². The van der Waals surface area contributed by atoms with E-state index in [2.05, 4.69) is 121 Å². The molecule has 0 bridgehead atoms. The fourth-order valence-corrected chi connectivity index (χ4v) is 7.93. The lowest BCUT2D eigenvalue weighted by Gasteiger charge is -2.25. The maximum atomic E-state index is 9.42. The second-order valence-corrected chi connectivity index (χ2v) is 14.6. The number of hydrogen-bond acceptors (Lipinski definition) is 6. The average Bonchev–Trinajstić information content (AvgIpc) is 3.07. The predicted octanol–water partition coefficient (Wildman–Crippen LogP) is 5.16. The molecule has 46 heavy (non-hydrogen) atoms. The van der Waals surface area contributed by atoms with E-state index in [-0.39, 0.29) is 13.2 Å². The molecule has 0 amide bonds. The van der Waals surface area contributed by atoms with Gasteiger partial charge >= 0.3 is 0 Å². The fourth-order valence-electron chi connectivity index (χ4n) is 5.85. The minimum absolute atomic E-state index is 0.141. The van der Waals surface area contributed by atoms with Gasteiger partial charge in [-0.05, 0) is 86.4 Å². The second kappa shape index (κ2) is 19.0. The Morgan fingerprint density at radius 1 is 0.870 bits per heavy atom. The van der Waals surface area contributed by atoms with E-state index < -0.39 is 0 Å². The number of aliphatic hydroxyl groups is 2. The summed E-state index contributed by atoms with van der Waals surface area (Å²) in [4.78, 5) is 6.05. The number of nitrogens with one attached hydrogen (secondary N) is 1. The third kappa shape index (κ3) is 10.8. The zero-order valence-electron chi connectivity index (χ0n) is 28.0. The number of anilines is 1. The molecule has 8 heteroatoms. The normalized spacial score (nSPS) is 17.0. The second-order valence-electron chi connectivity index (χ2n) is 11.9. The van der Waals surface area contributed by atoms with Crippen LogP contribution in [0.4, 0.5) is 5.69 Å². The van der Waals surface area contributed by atoms with E-state index in [0.717, 1.165) is 56.2 Å². The van der Waals surface area contributed by atoms with Gasteiger partial charge in [0.15, 0.2) is 12.7 Å². The van der Waals surface area contributed by atoms with Gasteiger partial charge in [0.1, 0.15) is 25.4 Å². The molecule has 1 aromatic heterocycles. The first-order valence-corrected chi connectivity index (χ1v) is 18.8. The largest absolute Gasteiger partial charge is 0.390 e. The Balaban J connectivity index is 1.16. The molecule has 3 N–H and O–H groups in total. The van der Waals surface area contributed by atoms with Crippen LogP contribution >= 0.6 is 21.6 Å². The molecule has 1 aliphatic carbocycles. The van der Waals surface area contributed by atoms with Crippen molar-refractivity contribution in [2.24, 2.45) is 0 Å². The highest BCUT2D eigenvalue weighted by Crippen LogP contribution is 2.26. The highest BCUT2D eigenvalue weighted by atomic mass is 33.1. The monoisotopic (exact) mass is 660 g/mol. The van der Waals surface area contributed by atoms with Crippen molar-refractivity contribution in [3.8, 4) is 0 Å². The smallest absolute Gasteiger partial charge is 0.208 e. The molecule has 0 fully saturated rings. The Hall–Kier alpha value is -3.01. The summed E-state index contributed by atoms with van der Waals surface area (Å²) in [6, 6.07) is 15.0. The Bertz CT molecular complexity index is 1460. The summed E-state index contributed by atoms with van der Waals surface area (Å²) < 4.78 is 2.11. The lowest BCUT2D eigenvalue weighted by Crippen LogP contribution is -3.11. The molecular formula is C38H52N4O2S2+2. The third-order valence-corrected chi connectivity index (χ3v) is 10.9. The molecule has 0 spiro atoms. The Labute approximate surface area is 284 Å². The van der Waals surface area contributed by atoms with Crippen LogP contribution in [0.15, 0.2) is 108 Å². The van der Waals surface area contributed by atoms with Crippen molar-refractivity contribution in [1.82, 2.24) is 4.90 Å². The van der Waals surface area contributed by atoms with Crippen LogP contribution in [0, 0.1) is 0 Å². The van der Waals surface area contributed by atoms with E-state index >= 15 is 0 Å². The maximum absolute atomic E-state index is 9.42. The molecule has 1 unspecified atom stereocenters. The van der Waals surface area contributed by atoms with Gasteiger partial charge in [-0.2, -0.15) is 4.57 Å². The predicted molar refractivity (Wildman–Crippen MR) is 199 cm³/mol. The molecule has 6 nitrogen and oxygen atoms in total. The molecule has 1 aromatic carbocycles. The number of hydrogen-bond donors (Lipinski definition) is 3. The summed E-state index contributed by atoms with van der Waals surface area (Å²) in [7, 11) is 8.30. The molecule has 2 aliphatic rings. The summed E-state index contributed by atoms with van der Waals surface area (Å²) >= 11 is 0. The van der Waals surface area contributed by atoms with E-state index in [0.29, 0.717) is 6.54 Å². The quantitative estimate of drug-likeness (QED) is 0.124. The molecule has 0 saturated heterocycles. The van der Waals surface area contributed by atoms with Gasteiger partial charge in [-0.3, -0.25) is 4.90 Å². The summed E-state index contributed by atoms with van der Waals surface area (Å²) in [6.07, 6.45) is 19.7. The van der Waals surface area contributed by atoms with Gasteiger partial charge in [0.25, 0.3) is 0 Å². The van der Waals surface area contributed by atoms with Crippen molar-refractivity contribution < 1.29 is 19.7 Å². The first-order valence-electron chi connectivity index (χ1n) is 16.4. The van der Waals surface area contributed by atoms with Crippen molar-refractivity contribution in [2.75, 3.05) is 69.9 Å². The van der Waals surface area contributed by atoms with E-state index in [1.165, 1.54) is 44.3 Å². The van der Waals surface area contributed by atoms with Crippen LogP contribution in [-0.2, 0) is 6.54 Å². The maximum Gasteiger partial charge on any atom is 0.208 e. The zero-order chi connectivity index (χ0) is 32.7. The minimum Gasteiger partial charge on any atom is -0.390 e. The number of aliphatic hydroxyl groups excluding tert-OH is 2. The molecule has 1 aliphatic heterocycles. The van der Waals surface area contributed by atoms with Gasteiger partial charge < -0.3 is 20.0 Å². The molecule has 2 aromatic rings. The van der Waals surface area contributed by atoms with Crippen molar-refractivity contribution in [3.05, 3.63) is 119 Å². The lowest BCUT2D eigenvalue weighted by molar-refractivity contribution is -0.853. The number of quaternary nitrogens is 1. The summed E-state index contributed by atoms with van der Waals surface area (Å²) in [5.41, 5.74) is 10.1. The van der Waals surface area contributed by atoms with Gasteiger partial charge in [0, 0.05) is 73.4 Å². The number of pyridine rings is 1. The van der Waals surface area contributed by atoms with E-state index in [4.69, 9.17) is 0 Å². The average molecular weight is 661 g/mol. The van der Waals surface area contributed by atoms with E-state index in [1.54, 1.807) is 0 Å². The Morgan fingerprint density at radius 2 is 1.63 bits per heavy atom. The van der Waals surface area contributed by atoms with Crippen LogP contribution in [0.1, 0.15) is 37.9 Å². The fraction of sp³-hybridized carbons (Fsp3) is 0.395. The highest BCUT2D eigenvalue weighted by Gasteiger charge is 2.18. The van der Waals surface area contributed by atoms with Crippen LogP contribution < -0.4 is 14.4 Å². The molecule has 1 atom stereocenters. The van der Waals surface area contributed by atoms with E-state index in [9.17, 15) is 10.2 Å². The Kier molecular flexibility index (Phi) is 14.8. The lowest BCUT2D eigenvalue weighted by atomic mass is 9.99. The number of nitrogens with zero attached hydrogens (tertiary/aromatic N) is 3. The van der Waals surface area contributed by atoms with Crippen LogP contribution in [0.5, 0.6) is 0 Å². The first kappa shape index (κ1) is 35.8. The van der Waals surface area contributed by atoms with E-state index in [1.807, 2.05) is 33.9 Å². The van der Waals surface area contributed by atoms with Crippen LogP contribution in [0.3, 0.4) is 0 Å². The molecule has 0 radical (unpaired) electrons. The molecule has 246 valence electrons. The Morgan fingerprint density at radius 3 is 2.33 bits per heavy atom. The summed E-state index contributed by atoms with van der Waals surface area (Å²) in [6.45, 7) is 8.98. The molecule has 0 saturated carbocycles. The number of rotatable bonds is 17. The van der Waals surface area contributed by atoms with Gasteiger partial charge in [0.2, 0.25) is 5.69 Å². The minimum atomic E-state index is 0.141. The molecule has 4 rings (SSSR count). The first-order chi connectivity index (χ1) is 22.4. The molecule has 2 heterocycles. The summed E-state index contributed by atoms with van der Waals surface area (Å²) in [5, 5.41) is 18.8. The SMILES string of the molecule is C/C(=C\c1ccc(N(C)CCSSCCN(C)C2=CC=C(/C=C(\C)c3cccc[n+]3CCO)CC2)cc1)C1=CC=CC[NH+]1CCO.